The average molecular weight is 426 g/mol. The summed E-state index contributed by atoms with van der Waals surface area (Å²) in [5.41, 5.74) is 0.467. The van der Waals surface area contributed by atoms with E-state index >= 15 is 0 Å². The van der Waals surface area contributed by atoms with Crippen molar-refractivity contribution in [2.75, 3.05) is 32.1 Å². The number of nitrogens with zero attached hydrogens (tertiary/aromatic N) is 2. The average Bonchev–Trinajstić information content (AvgIpc) is 3.17. The van der Waals surface area contributed by atoms with Crippen LogP contribution in [0.15, 0.2) is 29.2 Å². The molecule has 2 heterocycles. The van der Waals surface area contributed by atoms with E-state index < -0.39 is 22.2 Å². The lowest BCUT2D eigenvalue weighted by Gasteiger charge is -2.34. The predicted molar refractivity (Wildman–Crippen MR) is 106 cm³/mol. The molecule has 2 amide bonds. The van der Waals surface area contributed by atoms with Gasteiger partial charge in [0, 0.05) is 25.3 Å². The second kappa shape index (κ2) is 8.68. The summed E-state index contributed by atoms with van der Waals surface area (Å²) in [5, 5.41) is 2.75. The Kier molecular flexibility index (Phi) is 6.45. The van der Waals surface area contributed by atoms with Gasteiger partial charge in [-0.25, -0.2) is 13.2 Å². The van der Waals surface area contributed by atoms with Gasteiger partial charge in [-0.1, -0.05) is 0 Å². The van der Waals surface area contributed by atoms with E-state index in [4.69, 9.17) is 9.47 Å². The fraction of sp³-hybridized carbons (Fsp3) is 0.579. The van der Waals surface area contributed by atoms with Gasteiger partial charge in [-0.05, 0) is 51.0 Å². The predicted octanol–water partition coefficient (Wildman–Crippen LogP) is 1.65. The van der Waals surface area contributed by atoms with Crippen LogP contribution in [0.25, 0.3) is 0 Å². The van der Waals surface area contributed by atoms with E-state index in [1.807, 2.05) is 13.8 Å². The third-order valence-electron chi connectivity index (χ3n) is 5.11. The molecule has 9 nitrogen and oxygen atoms in total. The molecule has 0 unspecified atom stereocenters. The van der Waals surface area contributed by atoms with Crippen LogP contribution in [-0.4, -0.2) is 74.6 Å². The van der Waals surface area contributed by atoms with Crippen molar-refractivity contribution in [3.05, 3.63) is 24.3 Å². The fourth-order valence-electron chi connectivity index (χ4n) is 3.79. The van der Waals surface area contributed by atoms with Gasteiger partial charge in [0.25, 0.3) is 0 Å². The molecule has 0 spiro atoms. The Hall–Kier alpha value is -2.17. The first-order valence-electron chi connectivity index (χ1n) is 9.63. The molecule has 3 atom stereocenters. The Bertz CT molecular complexity index is 847. The number of morpholine rings is 1. The normalized spacial score (nSPS) is 25.6. The van der Waals surface area contributed by atoms with Crippen molar-refractivity contribution in [1.82, 2.24) is 9.21 Å². The Labute approximate surface area is 171 Å². The van der Waals surface area contributed by atoms with Crippen LogP contribution < -0.4 is 5.32 Å². The largest absolute Gasteiger partial charge is 0.453 e. The lowest BCUT2D eigenvalue weighted by atomic mass is 10.2. The molecule has 0 aliphatic carbocycles. The van der Waals surface area contributed by atoms with Gasteiger partial charge in [0.15, 0.2) is 0 Å². The second-order valence-corrected chi connectivity index (χ2v) is 9.35. The highest BCUT2D eigenvalue weighted by atomic mass is 32.2. The van der Waals surface area contributed by atoms with E-state index in [9.17, 15) is 18.0 Å². The molecule has 1 aromatic carbocycles. The minimum absolute atomic E-state index is 0.161. The van der Waals surface area contributed by atoms with Crippen LogP contribution in [0.5, 0.6) is 0 Å². The lowest BCUT2D eigenvalue weighted by Crippen LogP contribution is -2.48. The van der Waals surface area contributed by atoms with E-state index in [-0.39, 0.29) is 23.0 Å². The molecule has 10 heteroatoms. The molecule has 0 bridgehead atoms. The number of carbonyl (C=O) groups excluding carboxylic acids is 2. The monoisotopic (exact) mass is 425 g/mol. The van der Waals surface area contributed by atoms with Crippen molar-refractivity contribution < 1.29 is 27.5 Å². The number of anilines is 1. The van der Waals surface area contributed by atoms with E-state index in [2.05, 4.69) is 5.32 Å². The highest BCUT2D eigenvalue weighted by Gasteiger charge is 2.35. The summed E-state index contributed by atoms with van der Waals surface area (Å²) in [4.78, 5) is 25.9. The third-order valence-corrected chi connectivity index (χ3v) is 6.96. The van der Waals surface area contributed by atoms with Gasteiger partial charge in [-0.15, -0.1) is 0 Å². The Morgan fingerprint density at radius 2 is 1.76 bits per heavy atom. The van der Waals surface area contributed by atoms with E-state index in [0.29, 0.717) is 31.7 Å². The molecule has 1 aromatic rings. The van der Waals surface area contributed by atoms with Gasteiger partial charge in [0.2, 0.25) is 15.9 Å². The lowest BCUT2D eigenvalue weighted by molar-refractivity contribution is -0.119. The standard InChI is InChI=1S/C19H27N3O6S/c1-13-11-21(12-14(2)28-13)29(25,26)16-8-6-15(7-9-16)20-18(23)17-5-4-10-22(17)19(24)27-3/h6-9,13-14,17H,4-5,10-12H2,1-3H3,(H,20,23)/t13-,14-,17+/m0/s1. The molecule has 29 heavy (non-hydrogen) atoms. The van der Waals surface area contributed by atoms with Crippen molar-refractivity contribution >= 4 is 27.7 Å². The Morgan fingerprint density at radius 3 is 2.34 bits per heavy atom. The topological polar surface area (TPSA) is 105 Å². The summed E-state index contributed by atoms with van der Waals surface area (Å²) in [6.45, 7) is 4.76. The number of hydrogen-bond acceptors (Lipinski definition) is 6. The highest BCUT2D eigenvalue weighted by Crippen LogP contribution is 2.24. The number of nitrogens with one attached hydrogen (secondary N) is 1. The van der Waals surface area contributed by atoms with Crippen molar-refractivity contribution in [3.8, 4) is 0 Å². The van der Waals surface area contributed by atoms with Gasteiger partial charge >= 0.3 is 6.09 Å². The number of sulfonamides is 1. The summed E-state index contributed by atoms with van der Waals surface area (Å²) >= 11 is 0. The van der Waals surface area contributed by atoms with E-state index in [1.54, 1.807) is 12.1 Å². The van der Waals surface area contributed by atoms with Crippen LogP contribution >= 0.6 is 0 Å². The van der Waals surface area contributed by atoms with E-state index in [1.165, 1.54) is 28.4 Å². The van der Waals surface area contributed by atoms with E-state index in [0.717, 1.165) is 6.42 Å². The van der Waals surface area contributed by atoms with Crippen LogP contribution in [0.1, 0.15) is 26.7 Å². The number of methoxy groups -OCH3 is 1. The van der Waals surface area contributed by atoms with Crippen LogP contribution in [0.3, 0.4) is 0 Å². The van der Waals surface area contributed by atoms with Crippen molar-refractivity contribution in [3.63, 3.8) is 0 Å². The van der Waals surface area contributed by atoms with Crippen LogP contribution in [-0.2, 0) is 24.3 Å². The molecule has 1 N–H and O–H groups in total. The van der Waals surface area contributed by atoms with Crippen molar-refractivity contribution in [2.24, 2.45) is 0 Å². The molecular weight excluding hydrogens is 398 g/mol. The molecule has 2 fully saturated rings. The smallest absolute Gasteiger partial charge is 0.410 e. The number of likely N-dealkylation sites (tertiary alicyclic amines) is 1. The van der Waals surface area contributed by atoms with Gasteiger partial charge in [0.1, 0.15) is 6.04 Å². The number of hydrogen-bond donors (Lipinski definition) is 1. The quantitative estimate of drug-likeness (QED) is 0.787. The maximum Gasteiger partial charge on any atom is 0.410 e. The van der Waals surface area contributed by atoms with Crippen molar-refractivity contribution in [1.29, 1.82) is 0 Å². The number of carbonyl (C=O) groups is 2. The zero-order valence-corrected chi connectivity index (χ0v) is 17.6. The summed E-state index contributed by atoms with van der Waals surface area (Å²) in [6.07, 6.45) is 0.409. The molecule has 2 saturated heterocycles. The van der Waals surface area contributed by atoms with Crippen molar-refractivity contribution in [2.45, 2.75) is 49.8 Å². The molecule has 0 saturated carbocycles. The molecule has 2 aliphatic rings. The molecule has 160 valence electrons. The summed E-state index contributed by atoms with van der Waals surface area (Å²) in [7, 11) is -2.36. The maximum atomic E-state index is 12.9. The maximum absolute atomic E-state index is 12.9. The fourth-order valence-corrected chi connectivity index (χ4v) is 5.38. The summed E-state index contributed by atoms with van der Waals surface area (Å²) in [6, 6.07) is 5.46. The Morgan fingerprint density at radius 1 is 1.14 bits per heavy atom. The number of amides is 2. The van der Waals surface area contributed by atoms with Gasteiger partial charge in [-0.2, -0.15) is 4.31 Å². The SMILES string of the molecule is COC(=O)N1CCC[C@@H]1C(=O)Nc1ccc(S(=O)(=O)N2C[C@H](C)O[C@@H](C)C2)cc1. The number of benzene rings is 1. The first-order chi connectivity index (χ1) is 13.7. The van der Waals surface area contributed by atoms with Gasteiger partial charge in [-0.3, -0.25) is 9.69 Å². The van der Waals surface area contributed by atoms with Crippen LogP contribution in [0.4, 0.5) is 10.5 Å². The highest BCUT2D eigenvalue weighted by molar-refractivity contribution is 7.89. The Balaban J connectivity index is 1.68. The van der Waals surface area contributed by atoms with Gasteiger partial charge < -0.3 is 14.8 Å². The molecular formula is C19H27N3O6S. The molecule has 0 radical (unpaired) electrons. The number of ether oxygens (including phenoxy) is 2. The summed E-state index contributed by atoms with van der Waals surface area (Å²) < 4.78 is 37.5. The minimum Gasteiger partial charge on any atom is -0.453 e. The molecule has 0 aromatic heterocycles. The minimum atomic E-state index is -3.64. The number of rotatable bonds is 4. The zero-order valence-electron chi connectivity index (χ0n) is 16.8. The molecule has 3 rings (SSSR count). The summed E-state index contributed by atoms with van der Waals surface area (Å²) in [5.74, 6) is -0.320. The third kappa shape index (κ3) is 4.71. The first-order valence-corrected chi connectivity index (χ1v) is 11.1. The van der Waals surface area contributed by atoms with Crippen LogP contribution in [0, 0.1) is 0 Å². The van der Waals surface area contributed by atoms with Gasteiger partial charge in [0.05, 0.1) is 24.2 Å². The zero-order chi connectivity index (χ0) is 21.2. The van der Waals surface area contributed by atoms with Crippen LogP contribution in [0.2, 0.25) is 0 Å². The molecule has 2 aliphatic heterocycles. The second-order valence-electron chi connectivity index (χ2n) is 7.41. The first kappa shape index (κ1) is 21.5.